The van der Waals surface area contributed by atoms with Crippen LogP contribution in [0.5, 0.6) is 0 Å². The minimum absolute atomic E-state index is 0.156. The van der Waals surface area contributed by atoms with Gasteiger partial charge in [0.2, 0.25) is 0 Å². The van der Waals surface area contributed by atoms with E-state index >= 15 is 0 Å². The van der Waals surface area contributed by atoms with Crippen molar-refractivity contribution in [2.45, 2.75) is 0 Å². The predicted molar refractivity (Wildman–Crippen MR) is 86.8 cm³/mol. The zero-order chi connectivity index (χ0) is 15.0. The summed E-state index contributed by atoms with van der Waals surface area (Å²) in [6.07, 6.45) is 0. The van der Waals surface area contributed by atoms with Crippen LogP contribution in [-0.4, -0.2) is 16.1 Å². The zero-order valence-electron chi connectivity index (χ0n) is 10.7. The van der Waals surface area contributed by atoms with Gasteiger partial charge in [-0.05, 0) is 30.3 Å². The van der Waals surface area contributed by atoms with Crippen molar-refractivity contribution in [3.8, 4) is 11.3 Å². The molecule has 1 N–H and O–H groups in total. The van der Waals surface area contributed by atoms with Gasteiger partial charge in [0.05, 0.1) is 21.8 Å². The Balaban J connectivity index is 2.31. The highest BCUT2D eigenvalue weighted by Crippen LogP contribution is 2.30. The first-order valence-corrected chi connectivity index (χ1v) is 7.32. The second kappa shape index (κ2) is 5.47. The maximum absolute atomic E-state index is 11.5. The summed E-state index contributed by atoms with van der Waals surface area (Å²) in [5.74, 6) is -1.02. The van der Waals surface area contributed by atoms with Crippen molar-refractivity contribution >= 4 is 44.4 Å². The van der Waals surface area contributed by atoms with Crippen LogP contribution in [0.25, 0.3) is 22.2 Å². The number of benzene rings is 2. The van der Waals surface area contributed by atoms with Crippen LogP contribution in [0.15, 0.2) is 53.0 Å². The van der Waals surface area contributed by atoms with E-state index < -0.39 is 5.97 Å². The highest BCUT2D eigenvalue weighted by atomic mass is 79.9. The average Bonchev–Trinajstić information content (AvgIpc) is 2.47. The number of nitrogens with zero attached hydrogens (tertiary/aromatic N) is 1. The van der Waals surface area contributed by atoms with Gasteiger partial charge in [0.1, 0.15) is 0 Å². The van der Waals surface area contributed by atoms with Crippen molar-refractivity contribution in [1.82, 2.24) is 4.98 Å². The lowest BCUT2D eigenvalue weighted by Crippen LogP contribution is -2.00. The van der Waals surface area contributed by atoms with Crippen molar-refractivity contribution in [3.63, 3.8) is 0 Å². The lowest BCUT2D eigenvalue weighted by molar-refractivity contribution is 0.0699. The van der Waals surface area contributed by atoms with Gasteiger partial charge in [-0.1, -0.05) is 45.7 Å². The molecule has 0 unspecified atom stereocenters. The van der Waals surface area contributed by atoms with E-state index in [4.69, 9.17) is 11.6 Å². The molecule has 2 aromatic carbocycles. The number of aromatic carboxylic acids is 1. The van der Waals surface area contributed by atoms with Crippen molar-refractivity contribution in [1.29, 1.82) is 0 Å². The van der Waals surface area contributed by atoms with Gasteiger partial charge in [-0.3, -0.25) is 0 Å². The van der Waals surface area contributed by atoms with Crippen LogP contribution in [0.1, 0.15) is 10.4 Å². The number of fused-ring (bicyclic) bond motifs is 1. The SMILES string of the molecule is O=C(O)c1cc(-c2ccc(Br)cc2)nc2cccc(Cl)c12. The van der Waals surface area contributed by atoms with E-state index in [-0.39, 0.29) is 5.56 Å². The molecule has 0 spiro atoms. The Morgan fingerprint density at radius 2 is 1.86 bits per heavy atom. The lowest BCUT2D eigenvalue weighted by atomic mass is 10.0. The second-order valence-electron chi connectivity index (χ2n) is 4.50. The fourth-order valence-corrected chi connectivity index (χ4v) is 2.72. The smallest absolute Gasteiger partial charge is 0.336 e. The van der Waals surface area contributed by atoms with Gasteiger partial charge in [0.15, 0.2) is 0 Å². The third kappa shape index (κ3) is 2.64. The van der Waals surface area contributed by atoms with Crippen LogP contribution in [0.4, 0.5) is 0 Å². The second-order valence-corrected chi connectivity index (χ2v) is 5.82. The highest BCUT2D eigenvalue weighted by molar-refractivity contribution is 9.10. The summed E-state index contributed by atoms with van der Waals surface area (Å²) in [5.41, 5.74) is 2.18. The molecule has 0 aliphatic heterocycles. The number of hydrogen-bond donors (Lipinski definition) is 1. The minimum Gasteiger partial charge on any atom is -0.478 e. The summed E-state index contributed by atoms with van der Waals surface area (Å²) in [4.78, 5) is 16.0. The first-order valence-electron chi connectivity index (χ1n) is 6.15. The van der Waals surface area contributed by atoms with Gasteiger partial charge in [0, 0.05) is 15.4 Å². The van der Waals surface area contributed by atoms with Crippen LogP contribution in [0.3, 0.4) is 0 Å². The summed E-state index contributed by atoms with van der Waals surface area (Å²) in [7, 11) is 0. The molecular formula is C16H9BrClNO2. The number of pyridine rings is 1. The van der Waals surface area contributed by atoms with Gasteiger partial charge >= 0.3 is 5.97 Å². The van der Waals surface area contributed by atoms with Gasteiger partial charge < -0.3 is 5.11 Å². The van der Waals surface area contributed by atoms with Crippen LogP contribution < -0.4 is 0 Å². The molecule has 0 fully saturated rings. The highest BCUT2D eigenvalue weighted by Gasteiger charge is 2.15. The number of halogens is 2. The van der Waals surface area contributed by atoms with Crippen LogP contribution >= 0.6 is 27.5 Å². The van der Waals surface area contributed by atoms with E-state index in [0.29, 0.717) is 21.6 Å². The van der Waals surface area contributed by atoms with E-state index in [1.54, 1.807) is 24.3 Å². The molecule has 3 aromatic rings. The predicted octanol–water partition coefficient (Wildman–Crippen LogP) is 5.02. The van der Waals surface area contributed by atoms with E-state index in [9.17, 15) is 9.90 Å². The van der Waals surface area contributed by atoms with Gasteiger partial charge in [-0.2, -0.15) is 0 Å². The molecule has 3 nitrogen and oxygen atoms in total. The van der Waals surface area contributed by atoms with Gasteiger partial charge in [-0.25, -0.2) is 9.78 Å². The Morgan fingerprint density at radius 3 is 2.52 bits per heavy atom. The van der Waals surface area contributed by atoms with E-state index in [1.807, 2.05) is 24.3 Å². The fourth-order valence-electron chi connectivity index (χ4n) is 2.18. The normalized spacial score (nSPS) is 10.8. The van der Waals surface area contributed by atoms with E-state index in [1.165, 1.54) is 0 Å². The molecule has 0 saturated carbocycles. The van der Waals surface area contributed by atoms with Crippen molar-refractivity contribution in [2.24, 2.45) is 0 Å². The molecule has 21 heavy (non-hydrogen) atoms. The third-order valence-electron chi connectivity index (χ3n) is 3.15. The third-order valence-corrected chi connectivity index (χ3v) is 4.00. The monoisotopic (exact) mass is 361 g/mol. The molecule has 1 heterocycles. The molecule has 0 amide bonds. The summed E-state index contributed by atoms with van der Waals surface area (Å²) in [6.45, 7) is 0. The summed E-state index contributed by atoms with van der Waals surface area (Å²) < 4.78 is 0.952. The molecule has 1 aromatic heterocycles. The quantitative estimate of drug-likeness (QED) is 0.696. The molecule has 0 radical (unpaired) electrons. The van der Waals surface area contributed by atoms with E-state index in [2.05, 4.69) is 20.9 Å². The van der Waals surface area contributed by atoms with Crippen molar-refractivity contribution < 1.29 is 9.90 Å². The Hall–Kier alpha value is -1.91. The number of carboxylic acids is 1. The minimum atomic E-state index is -1.02. The number of carboxylic acid groups (broad SMARTS) is 1. The first kappa shape index (κ1) is 14.0. The van der Waals surface area contributed by atoms with Gasteiger partial charge in [-0.15, -0.1) is 0 Å². The standard InChI is InChI=1S/C16H9BrClNO2/c17-10-6-4-9(5-7-10)14-8-11(16(20)21)15-12(18)2-1-3-13(15)19-14/h1-8H,(H,20,21). The fraction of sp³-hybridized carbons (Fsp3) is 0. The summed E-state index contributed by atoms with van der Waals surface area (Å²) in [6, 6.07) is 14.3. The Bertz CT molecular complexity index is 847. The Morgan fingerprint density at radius 1 is 1.14 bits per heavy atom. The van der Waals surface area contributed by atoms with Crippen molar-refractivity contribution in [2.75, 3.05) is 0 Å². The zero-order valence-corrected chi connectivity index (χ0v) is 13.0. The van der Waals surface area contributed by atoms with Crippen LogP contribution in [-0.2, 0) is 0 Å². The van der Waals surface area contributed by atoms with E-state index in [0.717, 1.165) is 10.0 Å². The summed E-state index contributed by atoms with van der Waals surface area (Å²) >= 11 is 9.49. The molecule has 5 heteroatoms. The molecule has 0 atom stereocenters. The number of aromatic nitrogens is 1. The Labute approximate surface area is 134 Å². The molecule has 104 valence electrons. The maximum atomic E-state index is 11.5. The molecule has 0 aliphatic rings. The van der Waals surface area contributed by atoms with Gasteiger partial charge in [0.25, 0.3) is 0 Å². The largest absolute Gasteiger partial charge is 0.478 e. The van der Waals surface area contributed by atoms with Crippen LogP contribution in [0, 0.1) is 0 Å². The number of carbonyl (C=O) groups is 1. The molecular weight excluding hydrogens is 354 g/mol. The maximum Gasteiger partial charge on any atom is 0.336 e. The Kier molecular flexibility index (Phi) is 3.66. The summed E-state index contributed by atoms with van der Waals surface area (Å²) in [5, 5.41) is 10.3. The molecule has 3 rings (SSSR count). The topological polar surface area (TPSA) is 50.2 Å². The number of rotatable bonds is 2. The molecule has 0 saturated heterocycles. The average molecular weight is 363 g/mol. The number of hydrogen-bond acceptors (Lipinski definition) is 2. The van der Waals surface area contributed by atoms with Crippen molar-refractivity contribution in [3.05, 3.63) is 63.6 Å². The first-order chi connectivity index (χ1) is 10.1. The lowest BCUT2D eigenvalue weighted by Gasteiger charge is -2.08. The molecule has 0 bridgehead atoms. The molecule has 0 aliphatic carbocycles. The van der Waals surface area contributed by atoms with Crippen LogP contribution in [0.2, 0.25) is 5.02 Å².